The van der Waals surface area contributed by atoms with E-state index in [0.717, 1.165) is 0 Å². The first-order valence-corrected chi connectivity index (χ1v) is 7.49. The van der Waals surface area contributed by atoms with Gasteiger partial charge >= 0.3 is 5.97 Å². The van der Waals surface area contributed by atoms with Crippen molar-refractivity contribution < 1.29 is 23.9 Å². The molecule has 0 radical (unpaired) electrons. The highest BCUT2D eigenvalue weighted by Crippen LogP contribution is 2.23. The number of rotatable bonds is 6. The van der Waals surface area contributed by atoms with Gasteiger partial charge in [0.1, 0.15) is 6.04 Å². The number of ether oxygens (including phenoxy) is 1. The van der Waals surface area contributed by atoms with Crippen LogP contribution in [-0.4, -0.2) is 36.7 Å². The minimum atomic E-state index is -1.09. The number of hydrogen-bond donors (Lipinski definition) is 2. The number of carbonyl (C=O) groups excluding carboxylic acids is 4. The molecule has 0 spiro atoms. The van der Waals surface area contributed by atoms with Gasteiger partial charge in [0.25, 0.3) is 0 Å². The Labute approximate surface area is 141 Å². The topological polar surface area (TPSA) is 102 Å². The molecule has 1 atom stereocenters. The molecule has 0 aromatic heterocycles. The Morgan fingerprint density at radius 3 is 2.35 bits per heavy atom. The summed E-state index contributed by atoms with van der Waals surface area (Å²) in [5.41, 5.74) is 0.561. The number of methoxy groups -OCH3 is 1. The second-order valence-corrected chi connectivity index (χ2v) is 5.69. The van der Waals surface area contributed by atoms with Gasteiger partial charge < -0.3 is 15.4 Å². The van der Waals surface area contributed by atoms with Gasteiger partial charge in [-0.2, -0.15) is 0 Å². The largest absolute Gasteiger partial charge is 0.467 e. The number of halogens is 1. The number of benzene rings is 1. The van der Waals surface area contributed by atoms with Gasteiger partial charge in [0.05, 0.1) is 12.8 Å². The lowest BCUT2D eigenvalue weighted by Crippen LogP contribution is -2.42. The zero-order chi connectivity index (χ0) is 17.6. The number of amides is 2. The van der Waals surface area contributed by atoms with Crippen molar-refractivity contribution in [1.82, 2.24) is 5.32 Å². The van der Waals surface area contributed by atoms with Crippen LogP contribution in [0.3, 0.4) is 0 Å². The standard InChI is InChI=1S/C15H17BrN2O5/c1-8(19)17-12-5-4-10(16)6-11(12)14(21)7-13(15(22)23-3)18-9(2)20/h4-6,13H,7H2,1-3H3,(H,17,19)(H,18,20)/t13-/m0/s1. The van der Waals surface area contributed by atoms with Crippen molar-refractivity contribution in [3.63, 3.8) is 0 Å². The number of nitrogens with one attached hydrogen (secondary N) is 2. The average Bonchev–Trinajstić information content (AvgIpc) is 2.46. The van der Waals surface area contributed by atoms with Gasteiger partial charge in [-0.3, -0.25) is 14.4 Å². The Morgan fingerprint density at radius 1 is 1.17 bits per heavy atom. The zero-order valence-electron chi connectivity index (χ0n) is 12.9. The highest BCUT2D eigenvalue weighted by atomic mass is 79.9. The first-order valence-electron chi connectivity index (χ1n) is 6.70. The quantitative estimate of drug-likeness (QED) is 0.573. The molecule has 0 aliphatic heterocycles. The molecule has 0 saturated carbocycles. The van der Waals surface area contributed by atoms with Crippen molar-refractivity contribution in [1.29, 1.82) is 0 Å². The number of esters is 1. The minimum absolute atomic E-state index is 0.230. The van der Waals surface area contributed by atoms with Gasteiger partial charge in [-0.05, 0) is 18.2 Å². The van der Waals surface area contributed by atoms with Gasteiger partial charge in [-0.1, -0.05) is 15.9 Å². The molecule has 0 saturated heterocycles. The van der Waals surface area contributed by atoms with Gasteiger partial charge in [0.15, 0.2) is 5.78 Å². The molecule has 2 amide bonds. The maximum Gasteiger partial charge on any atom is 0.328 e. The van der Waals surface area contributed by atoms with Crippen molar-refractivity contribution in [2.45, 2.75) is 26.3 Å². The van der Waals surface area contributed by atoms with Gasteiger partial charge in [0.2, 0.25) is 11.8 Å². The highest BCUT2D eigenvalue weighted by molar-refractivity contribution is 9.10. The van der Waals surface area contributed by atoms with Crippen LogP contribution in [0.5, 0.6) is 0 Å². The average molecular weight is 385 g/mol. The Balaban J connectivity index is 3.07. The fraction of sp³-hybridized carbons (Fsp3) is 0.333. The third-order valence-electron chi connectivity index (χ3n) is 2.85. The summed E-state index contributed by atoms with van der Waals surface area (Å²) in [6.45, 7) is 2.56. The lowest BCUT2D eigenvalue weighted by Gasteiger charge is -2.16. The molecule has 23 heavy (non-hydrogen) atoms. The van der Waals surface area contributed by atoms with Crippen LogP contribution in [0, 0.1) is 0 Å². The number of hydrogen-bond acceptors (Lipinski definition) is 5. The first-order chi connectivity index (χ1) is 10.7. The molecule has 1 rings (SSSR count). The molecule has 0 aliphatic rings. The maximum absolute atomic E-state index is 12.5. The van der Waals surface area contributed by atoms with Crippen molar-refractivity contribution >= 4 is 45.2 Å². The van der Waals surface area contributed by atoms with Crippen LogP contribution in [0.25, 0.3) is 0 Å². The summed E-state index contributed by atoms with van der Waals surface area (Å²) in [7, 11) is 1.17. The Hall–Kier alpha value is -2.22. The van der Waals surface area contributed by atoms with E-state index in [0.29, 0.717) is 10.2 Å². The predicted molar refractivity (Wildman–Crippen MR) is 87.0 cm³/mol. The Morgan fingerprint density at radius 2 is 1.83 bits per heavy atom. The summed E-state index contributed by atoms with van der Waals surface area (Å²) in [4.78, 5) is 46.6. The SMILES string of the molecule is COC(=O)[C@H](CC(=O)c1cc(Br)ccc1NC(C)=O)NC(C)=O. The molecule has 7 nitrogen and oxygen atoms in total. The zero-order valence-corrected chi connectivity index (χ0v) is 14.5. The molecule has 8 heteroatoms. The molecular formula is C15H17BrN2O5. The molecule has 0 aliphatic carbocycles. The van der Waals surface area contributed by atoms with Crippen LogP contribution in [0.15, 0.2) is 22.7 Å². The molecule has 1 aromatic rings. The van der Waals surface area contributed by atoms with Crippen LogP contribution in [0.1, 0.15) is 30.6 Å². The van der Waals surface area contributed by atoms with E-state index < -0.39 is 23.7 Å². The third kappa shape index (κ3) is 5.82. The maximum atomic E-state index is 12.5. The molecule has 0 unspecified atom stereocenters. The van der Waals surface area contributed by atoms with E-state index in [1.54, 1.807) is 12.1 Å². The monoisotopic (exact) mass is 384 g/mol. The van der Waals surface area contributed by atoms with E-state index in [4.69, 9.17) is 0 Å². The summed E-state index contributed by atoms with van der Waals surface area (Å²) in [6, 6.07) is 3.70. The van der Waals surface area contributed by atoms with Crippen molar-refractivity contribution in [3.8, 4) is 0 Å². The van der Waals surface area contributed by atoms with Crippen molar-refractivity contribution in [2.75, 3.05) is 12.4 Å². The van der Waals surface area contributed by atoms with Crippen LogP contribution in [0.4, 0.5) is 5.69 Å². The van der Waals surface area contributed by atoms with Crippen LogP contribution in [0.2, 0.25) is 0 Å². The smallest absolute Gasteiger partial charge is 0.328 e. The van der Waals surface area contributed by atoms with Crippen LogP contribution >= 0.6 is 15.9 Å². The van der Waals surface area contributed by atoms with Crippen molar-refractivity contribution in [2.24, 2.45) is 0 Å². The van der Waals surface area contributed by atoms with Gasteiger partial charge in [0, 0.05) is 30.3 Å². The lowest BCUT2D eigenvalue weighted by molar-refractivity contribution is -0.144. The highest BCUT2D eigenvalue weighted by Gasteiger charge is 2.25. The summed E-state index contributed by atoms with van der Waals surface area (Å²) in [6.07, 6.45) is -0.282. The normalized spacial score (nSPS) is 11.3. The Kier molecular flexibility index (Phi) is 6.89. The number of Topliss-reactive ketones (excluding diaryl/α,β-unsaturated/α-hetero) is 1. The molecule has 0 fully saturated rings. The molecule has 2 N–H and O–H groups in total. The molecular weight excluding hydrogens is 368 g/mol. The van der Waals surface area contributed by atoms with Crippen molar-refractivity contribution in [3.05, 3.63) is 28.2 Å². The third-order valence-corrected chi connectivity index (χ3v) is 3.34. The van der Waals surface area contributed by atoms with Gasteiger partial charge in [-0.25, -0.2) is 4.79 Å². The number of ketones is 1. The van der Waals surface area contributed by atoms with E-state index in [1.807, 2.05) is 0 Å². The first kappa shape index (κ1) is 18.8. The predicted octanol–water partition coefficient (Wildman–Crippen LogP) is 1.66. The summed E-state index contributed by atoms with van der Waals surface area (Å²) >= 11 is 3.25. The lowest BCUT2D eigenvalue weighted by atomic mass is 10.0. The fourth-order valence-corrected chi connectivity index (χ4v) is 2.28. The van der Waals surface area contributed by atoms with E-state index in [2.05, 4.69) is 31.3 Å². The minimum Gasteiger partial charge on any atom is -0.467 e. The number of carbonyl (C=O) groups is 4. The van der Waals surface area contributed by atoms with Crippen LogP contribution in [-0.2, 0) is 19.1 Å². The van der Waals surface area contributed by atoms with E-state index in [-0.39, 0.29) is 17.9 Å². The van der Waals surface area contributed by atoms with E-state index in [1.165, 1.54) is 27.0 Å². The second-order valence-electron chi connectivity index (χ2n) is 4.77. The van der Waals surface area contributed by atoms with Crippen LogP contribution < -0.4 is 10.6 Å². The van der Waals surface area contributed by atoms with E-state index in [9.17, 15) is 19.2 Å². The second kappa shape index (κ2) is 8.42. The molecule has 0 bridgehead atoms. The molecule has 124 valence electrons. The number of anilines is 1. The summed E-state index contributed by atoms with van der Waals surface area (Å²) < 4.78 is 5.23. The fourth-order valence-electron chi connectivity index (χ4n) is 1.92. The van der Waals surface area contributed by atoms with Gasteiger partial charge in [-0.15, -0.1) is 0 Å². The Bertz CT molecular complexity index is 645. The van der Waals surface area contributed by atoms with E-state index >= 15 is 0 Å². The summed E-state index contributed by atoms with van der Waals surface area (Å²) in [5, 5.41) is 4.93. The molecule has 0 heterocycles. The molecule has 1 aromatic carbocycles. The summed E-state index contributed by atoms with van der Waals surface area (Å²) in [5.74, 6) is -1.92.